The molecule has 2 rings (SSSR count). The molecule has 0 fully saturated rings. The molecule has 2 nitrogen and oxygen atoms in total. The van der Waals surface area contributed by atoms with Gasteiger partial charge in [-0.15, -0.1) is 5.73 Å². The van der Waals surface area contributed by atoms with Gasteiger partial charge in [0.05, 0.1) is 4.90 Å². The second-order valence-corrected chi connectivity index (χ2v) is 6.37. The first-order chi connectivity index (χ1) is 8.88. The zero-order valence-corrected chi connectivity index (χ0v) is 11.5. The molecule has 0 aromatic heterocycles. The molecule has 0 atom stereocenters. The lowest BCUT2D eigenvalue weighted by molar-refractivity contribution is 0.602. The van der Waals surface area contributed by atoms with Gasteiger partial charge in [-0.1, -0.05) is 6.07 Å². The van der Waals surface area contributed by atoms with E-state index in [2.05, 4.69) is 5.73 Å². The first-order valence-electron chi connectivity index (χ1n) is 5.69. The number of allylic oxidation sites excluding steroid dienone is 5. The Morgan fingerprint density at radius 3 is 2.58 bits per heavy atom. The molecule has 1 aromatic rings. The summed E-state index contributed by atoms with van der Waals surface area (Å²) >= 11 is 0. The number of hydrogen-bond acceptors (Lipinski definition) is 2. The highest BCUT2D eigenvalue weighted by Gasteiger charge is 2.10. The van der Waals surface area contributed by atoms with Crippen LogP contribution in [0, 0.1) is 6.92 Å². The maximum Gasteiger partial charge on any atom is 0.175 e. The Labute approximate surface area is 112 Å². The van der Waals surface area contributed by atoms with Crippen LogP contribution in [0.2, 0.25) is 0 Å². The van der Waals surface area contributed by atoms with Crippen molar-refractivity contribution in [2.75, 3.05) is 6.26 Å². The van der Waals surface area contributed by atoms with Crippen LogP contribution in [0.25, 0.3) is 5.57 Å². The highest BCUT2D eigenvalue weighted by Crippen LogP contribution is 2.24. The van der Waals surface area contributed by atoms with E-state index in [9.17, 15) is 12.8 Å². The molecular formula is C15H13FO2S. The molecule has 0 saturated heterocycles. The van der Waals surface area contributed by atoms with Gasteiger partial charge in [-0.25, -0.2) is 12.8 Å². The maximum atomic E-state index is 13.1. The lowest BCUT2D eigenvalue weighted by atomic mass is 10.0. The molecule has 0 aliphatic heterocycles. The van der Waals surface area contributed by atoms with Crippen molar-refractivity contribution in [3.63, 3.8) is 0 Å². The fourth-order valence-electron chi connectivity index (χ4n) is 1.81. The molecule has 0 amide bonds. The molecule has 19 heavy (non-hydrogen) atoms. The van der Waals surface area contributed by atoms with Crippen LogP contribution in [-0.4, -0.2) is 14.7 Å². The van der Waals surface area contributed by atoms with E-state index < -0.39 is 9.84 Å². The van der Waals surface area contributed by atoms with Crippen molar-refractivity contribution in [2.45, 2.75) is 11.8 Å². The van der Waals surface area contributed by atoms with E-state index in [1.165, 1.54) is 24.5 Å². The SMILES string of the molecule is Cc1cc(S(C)(=O)=O)ccc1C1=C=CC=C(F)C=C1. The van der Waals surface area contributed by atoms with Gasteiger partial charge >= 0.3 is 0 Å². The Bertz CT molecular complexity index is 746. The smallest absolute Gasteiger partial charge is 0.175 e. The molecule has 0 unspecified atom stereocenters. The third-order valence-electron chi connectivity index (χ3n) is 2.81. The van der Waals surface area contributed by atoms with Crippen LogP contribution in [-0.2, 0) is 9.84 Å². The Morgan fingerprint density at radius 2 is 1.95 bits per heavy atom. The summed E-state index contributed by atoms with van der Waals surface area (Å²) in [6.07, 6.45) is 6.98. The van der Waals surface area contributed by atoms with Crippen LogP contribution >= 0.6 is 0 Å². The van der Waals surface area contributed by atoms with Crippen LogP contribution < -0.4 is 0 Å². The summed E-state index contributed by atoms with van der Waals surface area (Å²) < 4.78 is 36.0. The van der Waals surface area contributed by atoms with E-state index in [0.717, 1.165) is 16.7 Å². The summed E-state index contributed by atoms with van der Waals surface area (Å²) in [4.78, 5) is 0.278. The molecule has 4 heteroatoms. The van der Waals surface area contributed by atoms with Crippen LogP contribution in [0.3, 0.4) is 0 Å². The summed E-state index contributed by atoms with van der Waals surface area (Å²) in [6, 6.07) is 4.88. The highest BCUT2D eigenvalue weighted by molar-refractivity contribution is 7.90. The van der Waals surface area contributed by atoms with Gasteiger partial charge in [0.2, 0.25) is 0 Å². The quantitative estimate of drug-likeness (QED) is 0.776. The zero-order chi connectivity index (χ0) is 14.0. The van der Waals surface area contributed by atoms with Crippen LogP contribution in [0.4, 0.5) is 4.39 Å². The normalized spacial score (nSPS) is 14.9. The lowest BCUT2D eigenvalue weighted by Gasteiger charge is -2.07. The average Bonchev–Trinajstić information content (AvgIpc) is 2.53. The monoisotopic (exact) mass is 276 g/mol. The predicted molar refractivity (Wildman–Crippen MR) is 74.1 cm³/mol. The van der Waals surface area contributed by atoms with E-state index in [1.807, 2.05) is 6.92 Å². The van der Waals surface area contributed by atoms with Gasteiger partial charge in [0, 0.05) is 11.8 Å². The Hall–Kier alpha value is -1.90. The minimum atomic E-state index is -3.21. The molecule has 0 saturated carbocycles. The fourth-order valence-corrected chi connectivity index (χ4v) is 2.52. The standard InChI is InChI=1S/C15H13FO2S/c1-11-10-14(19(2,17)18)8-9-15(11)12-4-3-5-13(16)7-6-12/h3,5-10H,1-2H3. The van der Waals surface area contributed by atoms with E-state index in [4.69, 9.17) is 0 Å². The van der Waals surface area contributed by atoms with E-state index in [1.54, 1.807) is 24.3 Å². The topological polar surface area (TPSA) is 34.1 Å². The summed E-state index contributed by atoms with van der Waals surface area (Å²) in [6.45, 7) is 1.82. The number of benzene rings is 1. The second kappa shape index (κ2) is 5.00. The third-order valence-corrected chi connectivity index (χ3v) is 3.92. The maximum absolute atomic E-state index is 13.1. The number of halogens is 1. The summed E-state index contributed by atoms with van der Waals surface area (Å²) in [5.74, 6) is -0.340. The van der Waals surface area contributed by atoms with Crippen molar-refractivity contribution in [2.24, 2.45) is 0 Å². The Kier molecular flexibility index (Phi) is 3.56. The molecule has 98 valence electrons. The molecular weight excluding hydrogens is 263 g/mol. The van der Waals surface area contributed by atoms with E-state index in [-0.39, 0.29) is 10.7 Å². The molecule has 0 radical (unpaired) electrons. The van der Waals surface area contributed by atoms with Crippen molar-refractivity contribution >= 4 is 15.4 Å². The predicted octanol–water partition coefficient (Wildman–Crippen LogP) is 3.36. The Morgan fingerprint density at radius 1 is 1.21 bits per heavy atom. The van der Waals surface area contributed by atoms with E-state index in [0.29, 0.717) is 0 Å². The zero-order valence-electron chi connectivity index (χ0n) is 10.6. The number of sulfone groups is 1. The van der Waals surface area contributed by atoms with Gasteiger partial charge in [0.25, 0.3) is 0 Å². The summed E-state index contributed by atoms with van der Waals surface area (Å²) in [5.41, 5.74) is 5.34. The lowest BCUT2D eigenvalue weighted by Crippen LogP contribution is -1.98. The first-order valence-corrected chi connectivity index (χ1v) is 7.59. The molecule has 0 bridgehead atoms. The molecule has 0 heterocycles. The number of aryl methyl sites for hydroxylation is 1. The number of rotatable bonds is 2. The van der Waals surface area contributed by atoms with Gasteiger partial charge in [-0.05, 0) is 54.5 Å². The first kappa shape index (κ1) is 13.5. The third kappa shape index (κ3) is 3.11. The van der Waals surface area contributed by atoms with Gasteiger partial charge in [0.1, 0.15) is 5.83 Å². The Balaban J connectivity index is 2.50. The highest BCUT2D eigenvalue weighted by atomic mass is 32.2. The largest absolute Gasteiger partial charge is 0.224 e. The van der Waals surface area contributed by atoms with Crippen molar-refractivity contribution in [3.05, 3.63) is 65.2 Å². The van der Waals surface area contributed by atoms with Gasteiger partial charge < -0.3 is 0 Å². The molecule has 0 N–H and O–H groups in total. The summed E-state index contributed by atoms with van der Waals surface area (Å²) in [5, 5.41) is 0. The van der Waals surface area contributed by atoms with Gasteiger partial charge in [-0.2, -0.15) is 0 Å². The fraction of sp³-hybridized carbons (Fsp3) is 0.133. The van der Waals surface area contributed by atoms with Crippen LogP contribution in [0.5, 0.6) is 0 Å². The molecule has 0 spiro atoms. The van der Waals surface area contributed by atoms with Gasteiger partial charge in [-0.3, -0.25) is 0 Å². The molecule has 1 aromatic carbocycles. The van der Waals surface area contributed by atoms with Crippen molar-refractivity contribution in [1.29, 1.82) is 0 Å². The van der Waals surface area contributed by atoms with Gasteiger partial charge in [0.15, 0.2) is 9.84 Å². The number of hydrogen-bond donors (Lipinski definition) is 0. The second-order valence-electron chi connectivity index (χ2n) is 4.36. The summed E-state index contributed by atoms with van der Waals surface area (Å²) in [7, 11) is -3.21. The van der Waals surface area contributed by atoms with E-state index >= 15 is 0 Å². The molecule has 1 aliphatic rings. The van der Waals surface area contributed by atoms with Crippen molar-refractivity contribution in [3.8, 4) is 0 Å². The van der Waals surface area contributed by atoms with Crippen molar-refractivity contribution in [1.82, 2.24) is 0 Å². The van der Waals surface area contributed by atoms with Crippen molar-refractivity contribution < 1.29 is 12.8 Å². The minimum absolute atomic E-state index is 0.278. The minimum Gasteiger partial charge on any atom is -0.224 e. The molecule has 1 aliphatic carbocycles. The van der Waals surface area contributed by atoms with Crippen LogP contribution in [0.1, 0.15) is 11.1 Å². The average molecular weight is 276 g/mol. The van der Waals surface area contributed by atoms with Crippen LogP contribution in [0.15, 0.2) is 59.0 Å².